The second-order valence-corrected chi connectivity index (χ2v) is 3.98. The van der Waals surface area contributed by atoms with Crippen LogP contribution in [0.25, 0.3) is 11.0 Å². The lowest BCUT2D eigenvalue weighted by atomic mass is 10.2. The van der Waals surface area contributed by atoms with Crippen molar-refractivity contribution in [2.24, 2.45) is 0 Å². The molecule has 0 aliphatic rings. The van der Waals surface area contributed by atoms with Crippen LogP contribution in [0.1, 0.15) is 11.4 Å². The first-order chi connectivity index (χ1) is 7.16. The monoisotopic (exact) mass is 201 g/mol. The van der Waals surface area contributed by atoms with Crippen LogP contribution >= 0.6 is 0 Å². The zero-order valence-electron chi connectivity index (χ0n) is 9.36. The van der Waals surface area contributed by atoms with Gasteiger partial charge in [0.2, 0.25) is 0 Å². The van der Waals surface area contributed by atoms with Gasteiger partial charge in [-0.15, -0.1) is 0 Å². The van der Waals surface area contributed by atoms with E-state index in [0.29, 0.717) is 0 Å². The lowest BCUT2D eigenvalue weighted by Gasteiger charge is -2.11. The van der Waals surface area contributed by atoms with Crippen LogP contribution in [0.4, 0.5) is 0 Å². The summed E-state index contributed by atoms with van der Waals surface area (Å²) in [6.45, 7) is 2.85. The number of hydrogen-bond acceptors (Lipinski definition) is 3. The van der Waals surface area contributed by atoms with Gasteiger partial charge in [0, 0.05) is 6.54 Å². The molecule has 0 aliphatic carbocycles. The molecule has 0 bridgehead atoms. The molecule has 0 aliphatic heterocycles. The van der Waals surface area contributed by atoms with Crippen LogP contribution in [0.2, 0.25) is 0 Å². The van der Waals surface area contributed by atoms with Crippen molar-refractivity contribution in [2.75, 3.05) is 14.1 Å². The fourth-order valence-corrected chi connectivity index (χ4v) is 1.57. The molecule has 0 saturated carbocycles. The molecule has 0 unspecified atom stereocenters. The summed E-state index contributed by atoms with van der Waals surface area (Å²) in [7, 11) is 4.08. The van der Waals surface area contributed by atoms with Crippen molar-refractivity contribution in [3.8, 4) is 0 Å². The molecule has 15 heavy (non-hydrogen) atoms. The van der Waals surface area contributed by atoms with E-state index in [0.717, 1.165) is 29.0 Å². The van der Waals surface area contributed by atoms with Gasteiger partial charge < -0.3 is 4.90 Å². The van der Waals surface area contributed by atoms with Gasteiger partial charge in [0.25, 0.3) is 0 Å². The van der Waals surface area contributed by atoms with E-state index in [-0.39, 0.29) is 0 Å². The first-order valence-corrected chi connectivity index (χ1v) is 5.04. The van der Waals surface area contributed by atoms with Crippen molar-refractivity contribution in [3.63, 3.8) is 0 Å². The minimum absolute atomic E-state index is 0.837. The molecule has 0 fully saturated rings. The normalized spacial score (nSPS) is 11.2. The highest BCUT2D eigenvalue weighted by atomic mass is 15.1. The molecule has 0 spiro atoms. The second-order valence-electron chi connectivity index (χ2n) is 3.98. The molecular formula is C12H15N3. The van der Waals surface area contributed by atoms with Gasteiger partial charge in [-0.25, -0.2) is 9.97 Å². The number of para-hydroxylation sites is 2. The Bertz CT molecular complexity index is 477. The molecular weight excluding hydrogens is 186 g/mol. The third kappa shape index (κ3) is 2.13. The highest BCUT2D eigenvalue weighted by Gasteiger charge is 2.05. The van der Waals surface area contributed by atoms with E-state index < -0.39 is 0 Å². The van der Waals surface area contributed by atoms with E-state index in [1.54, 1.807) is 0 Å². The number of nitrogens with zero attached hydrogens (tertiary/aromatic N) is 3. The highest BCUT2D eigenvalue weighted by Crippen LogP contribution is 2.12. The molecule has 0 saturated heterocycles. The Balaban J connectivity index is 2.52. The maximum absolute atomic E-state index is 4.61. The predicted octanol–water partition coefficient (Wildman–Crippen LogP) is 2.00. The molecule has 2 rings (SSSR count). The van der Waals surface area contributed by atoms with Gasteiger partial charge in [-0.3, -0.25) is 0 Å². The summed E-state index contributed by atoms with van der Waals surface area (Å²) in [4.78, 5) is 11.3. The SMILES string of the molecule is Cc1nc2ccccc2nc1CN(C)C. The van der Waals surface area contributed by atoms with Crippen molar-refractivity contribution in [3.05, 3.63) is 35.7 Å². The van der Waals surface area contributed by atoms with Gasteiger partial charge in [-0.2, -0.15) is 0 Å². The van der Waals surface area contributed by atoms with Crippen molar-refractivity contribution < 1.29 is 0 Å². The zero-order chi connectivity index (χ0) is 10.8. The van der Waals surface area contributed by atoms with Gasteiger partial charge in [-0.05, 0) is 33.2 Å². The molecule has 0 amide bonds. The van der Waals surface area contributed by atoms with Crippen molar-refractivity contribution in [2.45, 2.75) is 13.5 Å². The molecule has 78 valence electrons. The number of rotatable bonds is 2. The summed E-state index contributed by atoms with van der Waals surface area (Å²) in [6, 6.07) is 7.98. The van der Waals surface area contributed by atoms with E-state index in [4.69, 9.17) is 0 Å². The van der Waals surface area contributed by atoms with E-state index in [1.807, 2.05) is 45.3 Å². The topological polar surface area (TPSA) is 29.0 Å². The smallest absolute Gasteiger partial charge is 0.0890 e. The number of fused-ring (bicyclic) bond motifs is 1. The van der Waals surface area contributed by atoms with Gasteiger partial charge in [0.1, 0.15) is 0 Å². The molecule has 0 radical (unpaired) electrons. The van der Waals surface area contributed by atoms with Crippen molar-refractivity contribution in [1.29, 1.82) is 0 Å². The van der Waals surface area contributed by atoms with Crippen molar-refractivity contribution in [1.82, 2.24) is 14.9 Å². The van der Waals surface area contributed by atoms with Gasteiger partial charge in [0.05, 0.1) is 22.4 Å². The summed E-state index contributed by atoms with van der Waals surface area (Å²) < 4.78 is 0. The lowest BCUT2D eigenvalue weighted by molar-refractivity contribution is 0.395. The lowest BCUT2D eigenvalue weighted by Crippen LogP contribution is -2.13. The van der Waals surface area contributed by atoms with E-state index in [9.17, 15) is 0 Å². The van der Waals surface area contributed by atoms with E-state index >= 15 is 0 Å². The Hall–Kier alpha value is -1.48. The molecule has 2 aromatic rings. The quantitative estimate of drug-likeness (QED) is 0.744. The summed E-state index contributed by atoms with van der Waals surface area (Å²) in [5, 5.41) is 0. The van der Waals surface area contributed by atoms with E-state index in [2.05, 4.69) is 14.9 Å². The highest BCUT2D eigenvalue weighted by molar-refractivity contribution is 5.74. The van der Waals surface area contributed by atoms with Gasteiger partial charge >= 0.3 is 0 Å². The molecule has 1 aromatic heterocycles. The standard InChI is InChI=1S/C12H15N3/c1-9-12(8-15(2)3)14-11-7-5-4-6-10(11)13-9/h4-7H,8H2,1-3H3. The maximum Gasteiger partial charge on any atom is 0.0890 e. The fraction of sp³-hybridized carbons (Fsp3) is 0.333. The summed E-state index contributed by atoms with van der Waals surface area (Å²) in [5.41, 5.74) is 4.01. The Labute approximate surface area is 89.8 Å². The number of aryl methyl sites for hydroxylation is 1. The summed E-state index contributed by atoms with van der Waals surface area (Å²) in [6.07, 6.45) is 0. The molecule has 1 aromatic carbocycles. The van der Waals surface area contributed by atoms with Crippen LogP contribution in [-0.2, 0) is 6.54 Å². The number of hydrogen-bond donors (Lipinski definition) is 0. The third-order valence-corrected chi connectivity index (χ3v) is 2.31. The first kappa shape index (κ1) is 10.1. The summed E-state index contributed by atoms with van der Waals surface area (Å²) >= 11 is 0. The van der Waals surface area contributed by atoms with Crippen LogP contribution in [0.3, 0.4) is 0 Å². The van der Waals surface area contributed by atoms with E-state index in [1.165, 1.54) is 0 Å². The minimum Gasteiger partial charge on any atom is -0.304 e. The molecule has 1 heterocycles. The minimum atomic E-state index is 0.837. The first-order valence-electron chi connectivity index (χ1n) is 5.04. The maximum atomic E-state index is 4.61. The van der Waals surface area contributed by atoms with Crippen LogP contribution in [0.15, 0.2) is 24.3 Å². The van der Waals surface area contributed by atoms with Gasteiger partial charge in [-0.1, -0.05) is 12.1 Å². The second kappa shape index (κ2) is 3.95. The zero-order valence-corrected chi connectivity index (χ0v) is 9.36. The van der Waals surface area contributed by atoms with Crippen LogP contribution in [0.5, 0.6) is 0 Å². The Morgan fingerprint density at radius 3 is 2.27 bits per heavy atom. The Morgan fingerprint density at radius 1 is 1.07 bits per heavy atom. The van der Waals surface area contributed by atoms with Crippen molar-refractivity contribution >= 4 is 11.0 Å². The molecule has 0 atom stereocenters. The van der Waals surface area contributed by atoms with Crippen LogP contribution in [-0.4, -0.2) is 29.0 Å². The Kier molecular flexibility index (Phi) is 2.64. The molecule has 3 nitrogen and oxygen atoms in total. The molecule has 3 heteroatoms. The summed E-state index contributed by atoms with van der Waals surface area (Å²) in [5.74, 6) is 0. The fourth-order valence-electron chi connectivity index (χ4n) is 1.57. The third-order valence-electron chi connectivity index (χ3n) is 2.31. The average molecular weight is 201 g/mol. The van der Waals surface area contributed by atoms with Crippen LogP contribution < -0.4 is 0 Å². The Morgan fingerprint density at radius 2 is 1.67 bits per heavy atom. The van der Waals surface area contributed by atoms with Crippen LogP contribution in [0, 0.1) is 6.92 Å². The number of benzene rings is 1. The van der Waals surface area contributed by atoms with Gasteiger partial charge in [0.15, 0.2) is 0 Å². The molecule has 0 N–H and O–H groups in total. The predicted molar refractivity (Wildman–Crippen MR) is 61.7 cm³/mol. The average Bonchev–Trinajstić information content (AvgIpc) is 2.18. The largest absolute Gasteiger partial charge is 0.304 e. The number of aromatic nitrogens is 2.